The summed E-state index contributed by atoms with van der Waals surface area (Å²) < 4.78 is 37.3. The molecule has 2 amide bonds. The number of hydrogen-bond donors (Lipinski definition) is 1. The van der Waals surface area contributed by atoms with Crippen LogP contribution in [-0.2, 0) is 6.18 Å². The lowest BCUT2D eigenvalue weighted by molar-refractivity contribution is -0.141. The summed E-state index contributed by atoms with van der Waals surface area (Å²) in [5, 5.41) is 2.83. The number of hydrogen-bond acceptors (Lipinski definition) is 2. The van der Waals surface area contributed by atoms with Crippen LogP contribution in [0.4, 0.5) is 23.7 Å². The van der Waals surface area contributed by atoms with Gasteiger partial charge in [0.25, 0.3) is 0 Å². The van der Waals surface area contributed by atoms with E-state index in [-0.39, 0.29) is 12.1 Å². The Labute approximate surface area is 115 Å². The number of pyridine rings is 1. The maximum atomic E-state index is 12.4. The SMILES string of the molecule is CCC(C)C1CN(c2ccc(C(F)(F)F)nc2)C(=O)N1. The van der Waals surface area contributed by atoms with Crippen LogP contribution in [0.25, 0.3) is 0 Å². The molecule has 1 aliphatic rings. The average molecular weight is 287 g/mol. The van der Waals surface area contributed by atoms with E-state index in [4.69, 9.17) is 0 Å². The van der Waals surface area contributed by atoms with Crippen molar-refractivity contribution in [2.75, 3.05) is 11.4 Å². The Morgan fingerprint density at radius 2 is 2.20 bits per heavy atom. The van der Waals surface area contributed by atoms with E-state index in [0.717, 1.165) is 18.7 Å². The molecule has 1 aromatic heterocycles. The quantitative estimate of drug-likeness (QED) is 0.928. The van der Waals surface area contributed by atoms with Crippen LogP contribution < -0.4 is 10.2 Å². The minimum absolute atomic E-state index is 0.00907. The van der Waals surface area contributed by atoms with Gasteiger partial charge in [0.1, 0.15) is 5.69 Å². The molecule has 20 heavy (non-hydrogen) atoms. The van der Waals surface area contributed by atoms with Crippen molar-refractivity contribution in [3.63, 3.8) is 0 Å². The fraction of sp³-hybridized carbons (Fsp3) is 0.538. The molecule has 0 aromatic carbocycles. The summed E-state index contributed by atoms with van der Waals surface area (Å²) in [6.45, 7) is 4.50. The van der Waals surface area contributed by atoms with Crippen LogP contribution in [0.5, 0.6) is 0 Å². The molecule has 2 unspecified atom stereocenters. The number of carbonyl (C=O) groups is 1. The van der Waals surface area contributed by atoms with E-state index in [0.29, 0.717) is 18.2 Å². The number of rotatable bonds is 3. The summed E-state index contributed by atoms with van der Waals surface area (Å²) in [4.78, 5) is 16.6. The fourth-order valence-electron chi connectivity index (χ4n) is 2.10. The highest BCUT2D eigenvalue weighted by atomic mass is 19.4. The van der Waals surface area contributed by atoms with Gasteiger partial charge in [0, 0.05) is 6.54 Å². The molecule has 2 atom stereocenters. The minimum atomic E-state index is -4.47. The van der Waals surface area contributed by atoms with Gasteiger partial charge in [-0.1, -0.05) is 20.3 Å². The van der Waals surface area contributed by atoms with Gasteiger partial charge in [0.2, 0.25) is 0 Å². The maximum Gasteiger partial charge on any atom is 0.433 e. The van der Waals surface area contributed by atoms with Gasteiger partial charge in [0.15, 0.2) is 0 Å². The second kappa shape index (κ2) is 5.30. The predicted octanol–water partition coefficient (Wildman–Crippen LogP) is 3.04. The first kappa shape index (κ1) is 14.6. The van der Waals surface area contributed by atoms with E-state index in [9.17, 15) is 18.0 Å². The summed E-state index contributed by atoms with van der Waals surface area (Å²) in [5.41, 5.74) is -0.583. The first-order valence-corrected chi connectivity index (χ1v) is 6.44. The van der Waals surface area contributed by atoms with Gasteiger partial charge in [-0.15, -0.1) is 0 Å². The molecule has 0 saturated carbocycles. The molecule has 4 nitrogen and oxygen atoms in total. The Balaban J connectivity index is 2.14. The Hall–Kier alpha value is -1.79. The smallest absolute Gasteiger partial charge is 0.333 e. The van der Waals surface area contributed by atoms with Gasteiger partial charge in [0.05, 0.1) is 17.9 Å². The molecule has 110 valence electrons. The number of aromatic nitrogens is 1. The van der Waals surface area contributed by atoms with Crippen molar-refractivity contribution in [3.05, 3.63) is 24.0 Å². The molecule has 0 spiro atoms. The summed E-state index contributed by atoms with van der Waals surface area (Å²) in [6.07, 6.45) is -2.46. The lowest BCUT2D eigenvalue weighted by atomic mass is 10.0. The number of urea groups is 1. The van der Waals surface area contributed by atoms with Crippen LogP contribution in [0, 0.1) is 5.92 Å². The number of amides is 2. The van der Waals surface area contributed by atoms with Crippen LogP contribution in [-0.4, -0.2) is 23.6 Å². The number of halogens is 3. The number of nitrogens with zero attached hydrogens (tertiary/aromatic N) is 2. The second-order valence-corrected chi connectivity index (χ2v) is 4.95. The van der Waals surface area contributed by atoms with Crippen molar-refractivity contribution in [2.45, 2.75) is 32.5 Å². The minimum Gasteiger partial charge on any atom is -0.333 e. The highest BCUT2D eigenvalue weighted by Crippen LogP contribution is 2.29. The van der Waals surface area contributed by atoms with Crippen molar-refractivity contribution in [1.82, 2.24) is 10.3 Å². The standard InChI is InChI=1S/C13H16F3N3O/c1-3-8(2)10-7-19(12(20)18-10)9-4-5-11(17-6-9)13(14,15)16/h4-6,8,10H,3,7H2,1-2H3,(H,18,20). The molecule has 1 aromatic rings. The second-order valence-electron chi connectivity index (χ2n) is 4.95. The predicted molar refractivity (Wildman–Crippen MR) is 68.4 cm³/mol. The molecule has 1 fully saturated rings. The van der Waals surface area contributed by atoms with E-state index >= 15 is 0 Å². The molecule has 1 aliphatic heterocycles. The lowest BCUT2D eigenvalue weighted by Crippen LogP contribution is -2.32. The first-order chi connectivity index (χ1) is 9.32. The molecule has 0 aliphatic carbocycles. The van der Waals surface area contributed by atoms with E-state index in [1.165, 1.54) is 11.0 Å². The Bertz CT molecular complexity index is 487. The largest absolute Gasteiger partial charge is 0.433 e. The van der Waals surface area contributed by atoms with Crippen molar-refractivity contribution >= 4 is 11.7 Å². The topological polar surface area (TPSA) is 45.2 Å². The van der Waals surface area contributed by atoms with Crippen molar-refractivity contribution in [2.24, 2.45) is 5.92 Å². The Morgan fingerprint density at radius 1 is 1.50 bits per heavy atom. The molecule has 2 rings (SSSR count). The van der Waals surface area contributed by atoms with E-state index < -0.39 is 11.9 Å². The first-order valence-electron chi connectivity index (χ1n) is 6.44. The van der Waals surface area contributed by atoms with E-state index in [1.807, 2.05) is 13.8 Å². The summed E-state index contributed by atoms with van der Waals surface area (Å²) in [6, 6.07) is 1.87. The summed E-state index contributed by atoms with van der Waals surface area (Å²) in [7, 11) is 0. The normalized spacial score (nSPS) is 20.9. The number of anilines is 1. The van der Waals surface area contributed by atoms with Gasteiger partial charge in [-0.05, 0) is 18.1 Å². The van der Waals surface area contributed by atoms with Crippen molar-refractivity contribution < 1.29 is 18.0 Å². The van der Waals surface area contributed by atoms with E-state index in [2.05, 4.69) is 10.3 Å². The van der Waals surface area contributed by atoms with Gasteiger partial charge in [-0.25, -0.2) is 9.78 Å². The van der Waals surface area contributed by atoms with Crippen LogP contribution in [0.2, 0.25) is 0 Å². The molecule has 0 radical (unpaired) electrons. The Kier molecular flexibility index (Phi) is 3.87. The number of carbonyl (C=O) groups excluding carboxylic acids is 1. The van der Waals surface area contributed by atoms with Crippen LogP contribution >= 0.6 is 0 Å². The monoisotopic (exact) mass is 287 g/mol. The average Bonchev–Trinajstić information content (AvgIpc) is 2.79. The van der Waals surface area contributed by atoms with Gasteiger partial charge in [-0.3, -0.25) is 4.90 Å². The zero-order chi connectivity index (χ0) is 14.9. The van der Waals surface area contributed by atoms with Crippen LogP contribution in [0.3, 0.4) is 0 Å². The third-order valence-electron chi connectivity index (χ3n) is 3.61. The zero-order valence-corrected chi connectivity index (χ0v) is 11.2. The fourth-order valence-corrected chi connectivity index (χ4v) is 2.10. The van der Waals surface area contributed by atoms with Crippen molar-refractivity contribution in [3.8, 4) is 0 Å². The van der Waals surface area contributed by atoms with Crippen LogP contribution in [0.15, 0.2) is 18.3 Å². The summed E-state index contributed by atoms with van der Waals surface area (Å²) >= 11 is 0. The lowest BCUT2D eigenvalue weighted by Gasteiger charge is -2.17. The highest BCUT2D eigenvalue weighted by Gasteiger charge is 2.35. The molecular formula is C13H16F3N3O. The third kappa shape index (κ3) is 2.86. The molecular weight excluding hydrogens is 271 g/mol. The Morgan fingerprint density at radius 3 is 2.70 bits per heavy atom. The molecule has 1 saturated heterocycles. The zero-order valence-electron chi connectivity index (χ0n) is 11.2. The van der Waals surface area contributed by atoms with Crippen LogP contribution in [0.1, 0.15) is 26.0 Å². The van der Waals surface area contributed by atoms with Gasteiger partial charge < -0.3 is 5.32 Å². The number of alkyl halides is 3. The van der Waals surface area contributed by atoms with E-state index in [1.54, 1.807) is 0 Å². The summed E-state index contributed by atoms with van der Waals surface area (Å²) in [5.74, 6) is 0.311. The maximum absolute atomic E-state index is 12.4. The molecule has 1 N–H and O–H groups in total. The highest BCUT2D eigenvalue weighted by molar-refractivity contribution is 5.94. The van der Waals surface area contributed by atoms with Crippen molar-refractivity contribution in [1.29, 1.82) is 0 Å². The third-order valence-corrected chi connectivity index (χ3v) is 3.61. The number of nitrogens with one attached hydrogen (secondary N) is 1. The van der Waals surface area contributed by atoms with Gasteiger partial charge in [-0.2, -0.15) is 13.2 Å². The molecule has 0 bridgehead atoms. The van der Waals surface area contributed by atoms with Gasteiger partial charge >= 0.3 is 12.2 Å². The molecule has 7 heteroatoms. The molecule has 2 heterocycles.